The third kappa shape index (κ3) is 8.24. The molecule has 1 aromatic heterocycles. The molecule has 2 aromatic rings. The fourth-order valence-electron chi connectivity index (χ4n) is 3.10. The minimum Gasteiger partial charge on any atom is -0.493 e. The topological polar surface area (TPSA) is 108 Å². The Bertz CT molecular complexity index is 940. The maximum absolute atomic E-state index is 11.6. The molecule has 0 bridgehead atoms. The molecule has 0 aliphatic carbocycles. The van der Waals surface area contributed by atoms with Gasteiger partial charge in [-0.2, -0.15) is 5.10 Å². The van der Waals surface area contributed by atoms with E-state index in [1.54, 1.807) is 6.20 Å². The highest BCUT2D eigenvalue weighted by molar-refractivity contribution is 14.2. The molecule has 0 aliphatic heterocycles. The molecule has 10 heteroatoms. The lowest BCUT2D eigenvalue weighted by Crippen LogP contribution is -2.32. The second kappa shape index (κ2) is 13.0. The van der Waals surface area contributed by atoms with Crippen LogP contribution in [0.1, 0.15) is 58.4 Å². The number of nitrogens with two attached hydrogens (primary N) is 1. The maximum Gasteiger partial charge on any atom is 0.407 e. The molecule has 0 saturated heterocycles. The van der Waals surface area contributed by atoms with Crippen LogP contribution in [0.15, 0.2) is 24.5 Å². The van der Waals surface area contributed by atoms with Gasteiger partial charge < -0.3 is 20.5 Å². The predicted molar refractivity (Wildman–Crippen MR) is 139 cm³/mol. The van der Waals surface area contributed by atoms with Crippen molar-refractivity contribution in [2.75, 3.05) is 13.2 Å². The highest BCUT2D eigenvalue weighted by Crippen LogP contribution is 2.35. The van der Waals surface area contributed by atoms with Gasteiger partial charge in [-0.25, -0.2) is 9.25 Å². The van der Waals surface area contributed by atoms with Gasteiger partial charge in [0.05, 0.1) is 30.1 Å². The van der Waals surface area contributed by atoms with Gasteiger partial charge in [-0.05, 0) is 73.3 Å². The maximum atomic E-state index is 11.6. The molecule has 0 spiro atoms. The van der Waals surface area contributed by atoms with E-state index in [-0.39, 0.29) is 6.09 Å². The van der Waals surface area contributed by atoms with Crippen LogP contribution in [0.25, 0.3) is 16.5 Å². The minimum atomic E-state index is -0.472. The normalized spacial score (nSPS) is 12.4. The minimum absolute atomic E-state index is 0.368. The Morgan fingerprint density at radius 3 is 2.62 bits per heavy atom. The highest BCUT2D eigenvalue weighted by atomic mass is 127. The van der Waals surface area contributed by atoms with E-state index in [2.05, 4.69) is 32.5 Å². The molecule has 2 rings (SSSR count). The van der Waals surface area contributed by atoms with Crippen LogP contribution in [-0.2, 0) is 9.53 Å². The van der Waals surface area contributed by atoms with Gasteiger partial charge in [0.15, 0.2) is 6.29 Å². The van der Waals surface area contributed by atoms with Gasteiger partial charge in [-0.1, -0.05) is 19.3 Å². The van der Waals surface area contributed by atoms with Gasteiger partial charge in [0.25, 0.3) is 0 Å². The van der Waals surface area contributed by atoms with Crippen molar-refractivity contribution in [2.24, 2.45) is 5.73 Å². The second-order valence-electron chi connectivity index (χ2n) is 8.33. The SMILES string of the molecule is CC(C)(C)OC(=O)NCCCCCCCOc1cc(/C(C=O)=C/N)cc2c1cnn2PI. The van der Waals surface area contributed by atoms with Crippen LogP contribution >= 0.6 is 28.4 Å². The summed E-state index contributed by atoms with van der Waals surface area (Å²) in [5.74, 6) is 0.709. The van der Waals surface area contributed by atoms with Crippen molar-refractivity contribution < 1.29 is 19.1 Å². The first kappa shape index (κ1) is 26.4. The number of carbonyl (C=O) groups excluding carboxylic acids is 2. The van der Waals surface area contributed by atoms with Gasteiger partial charge in [0.2, 0.25) is 0 Å². The number of hydrogen-bond acceptors (Lipinski definition) is 6. The summed E-state index contributed by atoms with van der Waals surface area (Å²) in [6, 6.07) is 3.76. The predicted octanol–water partition coefficient (Wildman–Crippen LogP) is 5.18. The first-order chi connectivity index (χ1) is 15.3. The number of rotatable bonds is 12. The van der Waals surface area contributed by atoms with Crippen LogP contribution in [0.2, 0.25) is 0 Å². The van der Waals surface area contributed by atoms with E-state index in [1.165, 1.54) is 6.20 Å². The molecular weight excluding hydrogens is 542 g/mol. The number of carbonyl (C=O) groups is 2. The van der Waals surface area contributed by atoms with E-state index in [0.717, 1.165) is 54.9 Å². The van der Waals surface area contributed by atoms with Crippen molar-refractivity contribution in [3.05, 3.63) is 30.1 Å². The zero-order chi connectivity index (χ0) is 23.6. The molecule has 3 N–H and O–H groups in total. The zero-order valence-electron chi connectivity index (χ0n) is 18.8. The lowest BCUT2D eigenvalue weighted by molar-refractivity contribution is -0.103. The Labute approximate surface area is 204 Å². The number of ether oxygens (including phenoxy) is 2. The van der Waals surface area contributed by atoms with Crippen molar-refractivity contribution in [1.82, 2.24) is 14.9 Å². The van der Waals surface area contributed by atoms with E-state index >= 15 is 0 Å². The molecule has 1 unspecified atom stereocenters. The number of alkyl carbamates (subject to hydrolysis) is 1. The number of hydrogen-bond donors (Lipinski definition) is 2. The van der Waals surface area contributed by atoms with Crippen molar-refractivity contribution in [3.8, 4) is 5.75 Å². The molecule has 0 aliphatic rings. The third-order valence-corrected chi connectivity index (χ3v) is 6.50. The van der Waals surface area contributed by atoms with Crippen molar-refractivity contribution in [2.45, 2.75) is 58.5 Å². The largest absolute Gasteiger partial charge is 0.493 e. The number of aromatic nitrogens is 2. The fraction of sp³-hybridized carbons (Fsp3) is 0.500. The molecule has 0 fully saturated rings. The van der Waals surface area contributed by atoms with E-state index < -0.39 is 5.60 Å². The average molecular weight is 574 g/mol. The van der Waals surface area contributed by atoms with Gasteiger partial charge in [-0.15, -0.1) is 0 Å². The summed E-state index contributed by atoms with van der Waals surface area (Å²) in [6.07, 6.45) is 8.88. The molecular formula is C22H32IN4O4P. The summed E-state index contributed by atoms with van der Waals surface area (Å²) in [5.41, 5.74) is 7.19. The molecule has 1 aromatic carbocycles. The summed E-state index contributed by atoms with van der Waals surface area (Å²) in [5, 5.41) is 8.11. The number of amides is 1. The lowest BCUT2D eigenvalue weighted by atomic mass is 10.1. The summed E-state index contributed by atoms with van der Waals surface area (Å²) in [6.45, 7) is 6.74. The molecule has 1 heterocycles. The molecule has 1 atom stereocenters. The number of nitrogens with zero attached hydrogens (tertiary/aromatic N) is 2. The average Bonchev–Trinajstić information content (AvgIpc) is 3.15. The second-order valence-corrected chi connectivity index (χ2v) is 10.4. The standard InChI is InChI=1S/C22H32IN4O4P/c1-22(2,3)31-21(29)25-9-7-5-4-6-8-10-30-20-12-16(17(13-24)15-28)11-19-18(20)14-26-27(19)32-23/h11-15,32H,4-10,24H2,1-3H3,(H,25,29)/b17-13+. The molecule has 32 heavy (non-hydrogen) atoms. The van der Waals surface area contributed by atoms with Crippen LogP contribution in [0.3, 0.4) is 0 Å². The van der Waals surface area contributed by atoms with E-state index in [1.807, 2.05) is 37.4 Å². The van der Waals surface area contributed by atoms with Crippen LogP contribution in [-0.4, -0.2) is 40.7 Å². The van der Waals surface area contributed by atoms with Gasteiger partial charge >= 0.3 is 6.09 Å². The van der Waals surface area contributed by atoms with Crippen molar-refractivity contribution in [1.29, 1.82) is 0 Å². The smallest absolute Gasteiger partial charge is 0.407 e. The Hall–Kier alpha value is -1.87. The van der Waals surface area contributed by atoms with Gasteiger partial charge in [0, 0.05) is 18.3 Å². The number of halogens is 1. The Balaban J connectivity index is 1.78. The first-order valence-electron chi connectivity index (χ1n) is 10.6. The number of aldehydes is 1. The van der Waals surface area contributed by atoms with Gasteiger partial charge in [0.1, 0.15) is 11.4 Å². The van der Waals surface area contributed by atoms with Crippen LogP contribution in [0.5, 0.6) is 5.75 Å². The Kier molecular flexibility index (Phi) is 10.7. The summed E-state index contributed by atoms with van der Waals surface area (Å²) < 4.78 is 13.2. The number of benzene rings is 1. The van der Waals surface area contributed by atoms with Crippen LogP contribution < -0.4 is 15.8 Å². The molecule has 1 amide bonds. The van der Waals surface area contributed by atoms with Crippen molar-refractivity contribution >= 4 is 57.3 Å². The van der Waals surface area contributed by atoms with Crippen LogP contribution in [0, 0.1) is 0 Å². The van der Waals surface area contributed by atoms with E-state index in [0.29, 0.717) is 30.8 Å². The van der Waals surface area contributed by atoms with Crippen LogP contribution in [0.4, 0.5) is 4.79 Å². The summed E-state index contributed by atoms with van der Waals surface area (Å²) in [4.78, 5) is 22.9. The fourth-order valence-corrected chi connectivity index (χ4v) is 4.63. The molecule has 8 nitrogen and oxygen atoms in total. The number of fused-ring (bicyclic) bond motifs is 1. The molecule has 0 saturated carbocycles. The van der Waals surface area contributed by atoms with Crippen molar-refractivity contribution in [3.63, 3.8) is 0 Å². The molecule has 176 valence electrons. The number of nitrogens with one attached hydrogen (secondary N) is 1. The number of allylic oxidation sites excluding steroid dienone is 1. The number of unbranched alkanes of at least 4 members (excludes halogenated alkanes) is 4. The monoisotopic (exact) mass is 574 g/mol. The Morgan fingerprint density at radius 2 is 1.97 bits per heavy atom. The molecule has 0 radical (unpaired) electrons. The highest BCUT2D eigenvalue weighted by Gasteiger charge is 2.15. The summed E-state index contributed by atoms with van der Waals surface area (Å²) >= 11 is 2.27. The lowest BCUT2D eigenvalue weighted by Gasteiger charge is -2.19. The van der Waals surface area contributed by atoms with E-state index in [4.69, 9.17) is 15.2 Å². The zero-order valence-corrected chi connectivity index (χ0v) is 22.0. The third-order valence-electron chi connectivity index (χ3n) is 4.62. The van der Waals surface area contributed by atoms with E-state index in [9.17, 15) is 9.59 Å². The summed E-state index contributed by atoms with van der Waals surface area (Å²) in [7, 11) is 0. The quantitative estimate of drug-likeness (QED) is 0.119. The Morgan fingerprint density at radius 1 is 1.25 bits per heavy atom. The first-order valence-corrected chi connectivity index (χ1v) is 14.7. The van der Waals surface area contributed by atoms with Gasteiger partial charge in [-0.3, -0.25) is 4.79 Å².